The SMILES string of the molecule is COc1ccc(CCCC(=O)N(C)CC(=O)N2CCC(C(=O)O)CC2)cc1. The predicted molar refractivity (Wildman–Crippen MR) is 101 cm³/mol. The number of likely N-dealkylation sites (tertiary alicyclic amines) is 1. The van der Waals surface area contributed by atoms with Gasteiger partial charge in [0.05, 0.1) is 19.6 Å². The molecule has 0 radical (unpaired) electrons. The number of benzene rings is 1. The molecule has 0 spiro atoms. The van der Waals surface area contributed by atoms with Gasteiger partial charge < -0.3 is 19.6 Å². The highest BCUT2D eigenvalue weighted by Crippen LogP contribution is 2.17. The van der Waals surface area contributed by atoms with Crippen LogP contribution in [0.2, 0.25) is 0 Å². The van der Waals surface area contributed by atoms with Gasteiger partial charge in [0.15, 0.2) is 0 Å². The van der Waals surface area contributed by atoms with Crippen molar-refractivity contribution < 1.29 is 24.2 Å². The second-order valence-electron chi connectivity index (χ2n) is 6.94. The van der Waals surface area contributed by atoms with Gasteiger partial charge in [0.1, 0.15) is 5.75 Å². The third-order valence-corrected chi connectivity index (χ3v) is 5.01. The van der Waals surface area contributed by atoms with Crippen molar-refractivity contribution in [3.05, 3.63) is 29.8 Å². The van der Waals surface area contributed by atoms with Crippen LogP contribution in [0.1, 0.15) is 31.2 Å². The van der Waals surface area contributed by atoms with Crippen molar-refractivity contribution in [3.63, 3.8) is 0 Å². The highest BCUT2D eigenvalue weighted by molar-refractivity contribution is 5.84. The Balaban J connectivity index is 1.70. The van der Waals surface area contributed by atoms with E-state index < -0.39 is 5.97 Å². The summed E-state index contributed by atoms with van der Waals surface area (Å²) in [5, 5.41) is 9.01. The first kappa shape index (κ1) is 20.7. The Morgan fingerprint density at radius 2 is 1.81 bits per heavy atom. The fourth-order valence-corrected chi connectivity index (χ4v) is 3.19. The molecule has 0 saturated carbocycles. The van der Waals surface area contributed by atoms with E-state index in [1.807, 2.05) is 24.3 Å². The molecule has 0 aromatic heterocycles. The summed E-state index contributed by atoms with van der Waals surface area (Å²) in [6, 6.07) is 7.76. The van der Waals surface area contributed by atoms with E-state index in [0.717, 1.165) is 17.7 Å². The number of carbonyl (C=O) groups excluding carboxylic acids is 2. The number of aryl methyl sites for hydroxylation is 1. The van der Waals surface area contributed by atoms with Crippen LogP contribution in [0.3, 0.4) is 0 Å². The minimum atomic E-state index is -0.800. The van der Waals surface area contributed by atoms with Gasteiger partial charge in [-0.2, -0.15) is 0 Å². The summed E-state index contributed by atoms with van der Waals surface area (Å²) >= 11 is 0. The number of hydrogen-bond acceptors (Lipinski definition) is 4. The van der Waals surface area contributed by atoms with E-state index in [1.165, 1.54) is 4.90 Å². The predicted octanol–water partition coefficient (Wildman–Crippen LogP) is 1.80. The lowest BCUT2D eigenvalue weighted by atomic mass is 9.97. The van der Waals surface area contributed by atoms with Crippen molar-refractivity contribution in [1.29, 1.82) is 0 Å². The molecule has 0 unspecified atom stereocenters. The lowest BCUT2D eigenvalue weighted by Crippen LogP contribution is -2.45. The minimum Gasteiger partial charge on any atom is -0.497 e. The first-order chi connectivity index (χ1) is 12.9. The van der Waals surface area contributed by atoms with Gasteiger partial charge in [-0.1, -0.05) is 12.1 Å². The number of rotatable bonds is 8. The Bertz CT molecular complexity index is 651. The van der Waals surface area contributed by atoms with E-state index in [0.29, 0.717) is 38.8 Å². The van der Waals surface area contributed by atoms with Gasteiger partial charge in [-0.3, -0.25) is 14.4 Å². The van der Waals surface area contributed by atoms with Crippen molar-refractivity contribution >= 4 is 17.8 Å². The molecule has 7 heteroatoms. The van der Waals surface area contributed by atoms with Crippen molar-refractivity contribution in [1.82, 2.24) is 9.80 Å². The first-order valence-electron chi connectivity index (χ1n) is 9.28. The summed E-state index contributed by atoms with van der Waals surface area (Å²) in [5.74, 6) is -0.541. The van der Waals surface area contributed by atoms with Crippen molar-refractivity contribution in [2.45, 2.75) is 32.1 Å². The van der Waals surface area contributed by atoms with Crippen LogP contribution in [0.4, 0.5) is 0 Å². The second-order valence-corrected chi connectivity index (χ2v) is 6.94. The molecule has 0 bridgehead atoms. The van der Waals surface area contributed by atoms with Crippen molar-refractivity contribution in [2.75, 3.05) is 33.8 Å². The molecule has 1 N–H and O–H groups in total. The number of ether oxygens (including phenoxy) is 1. The number of carboxylic acid groups (broad SMARTS) is 1. The zero-order chi connectivity index (χ0) is 19.8. The number of likely N-dealkylation sites (N-methyl/N-ethyl adjacent to an activating group) is 1. The van der Waals surface area contributed by atoms with Gasteiger partial charge in [0, 0.05) is 26.6 Å². The molecule has 1 aliphatic rings. The average molecular weight is 376 g/mol. The van der Waals surface area contributed by atoms with Gasteiger partial charge in [-0.05, 0) is 43.4 Å². The summed E-state index contributed by atoms with van der Waals surface area (Å²) < 4.78 is 5.12. The monoisotopic (exact) mass is 376 g/mol. The maximum absolute atomic E-state index is 12.3. The van der Waals surface area contributed by atoms with Gasteiger partial charge in [-0.25, -0.2) is 0 Å². The molecule has 1 heterocycles. The topological polar surface area (TPSA) is 87.2 Å². The van der Waals surface area contributed by atoms with Crippen LogP contribution in [-0.4, -0.2) is 66.5 Å². The molecular weight excluding hydrogens is 348 g/mol. The van der Waals surface area contributed by atoms with Gasteiger partial charge in [-0.15, -0.1) is 0 Å². The largest absolute Gasteiger partial charge is 0.497 e. The molecule has 0 atom stereocenters. The first-order valence-corrected chi connectivity index (χ1v) is 9.28. The Labute approximate surface area is 159 Å². The molecule has 1 aromatic rings. The number of aliphatic carboxylic acids is 1. The van der Waals surface area contributed by atoms with E-state index in [-0.39, 0.29) is 24.3 Å². The number of hydrogen-bond donors (Lipinski definition) is 1. The lowest BCUT2D eigenvalue weighted by molar-refractivity contribution is -0.146. The fourth-order valence-electron chi connectivity index (χ4n) is 3.19. The lowest BCUT2D eigenvalue weighted by Gasteiger charge is -2.31. The van der Waals surface area contributed by atoms with Gasteiger partial charge >= 0.3 is 5.97 Å². The average Bonchev–Trinajstić information content (AvgIpc) is 2.68. The molecule has 1 saturated heterocycles. The van der Waals surface area contributed by atoms with Gasteiger partial charge in [0.25, 0.3) is 0 Å². The maximum Gasteiger partial charge on any atom is 0.306 e. The second kappa shape index (κ2) is 9.94. The van der Waals surface area contributed by atoms with Crippen molar-refractivity contribution in [3.8, 4) is 5.75 Å². The van der Waals surface area contributed by atoms with E-state index >= 15 is 0 Å². The maximum atomic E-state index is 12.3. The van der Waals surface area contributed by atoms with Crippen molar-refractivity contribution in [2.24, 2.45) is 5.92 Å². The molecule has 1 aliphatic heterocycles. The molecule has 7 nitrogen and oxygen atoms in total. The number of carbonyl (C=O) groups is 3. The molecule has 148 valence electrons. The van der Waals surface area contributed by atoms with Crippen LogP contribution >= 0.6 is 0 Å². The summed E-state index contributed by atoms with van der Waals surface area (Å²) in [7, 11) is 3.26. The Morgan fingerprint density at radius 3 is 2.37 bits per heavy atom. The number of amides is 2. The molecule has 27 heavy (non-hydrogen) atoms. The zero-order valence-electron chi connectivity index (χ0n) is 16.0. The smallest absolute Gasteiger partial charge is 0.306 e. The Morgan fingerprint density at radius 1 is 1.19 bits per heavy atom. The van der Waals surface area contributed by atoms with Crippen LogP contribution in [0.5, 0.6) is 5.75 Å². The molecule has 1 aromatic carbocycles. The quantitative estimate of drug-likeness (QED) is 0.748. The van der Waals surface area contributed by atoms with Crippen LogP contribution in [-0.2, 0) is 20.8 Å². The van der Waals surface area contributed by atoms with Crippen LogP contribution in [0.15, 0.2) is 24.3 Å². The van der Waals surface area contributed by atoms with Crippen LogP contribution < -0.4 is 4.74 Å². The highest BCUT2D eigenvalue weighted by Gasteiger charge is 2.27. The van der Waals surface area contributed by atoms with Gasteiger partial charge in [0.2, 0.25) is 11.8 Å². The van der Waals surface area contributed by atoms with Crippen LogP contribution in [0.25, 0.3) is 0 Å². The number of carboxylic acids is 1. The number of nitrogens with zero attached hydrogens (tertiary/aromatic N) is 2. The van der Waals surface area contributed by atoms with E-state index in [4.69, 9.17) is 9.84 Å². The van der Waals surface area contributed by atoms with E-state index in [1.54, 1.807) is 19.1 Å². The molecule has 1 fully saturated rings. The summed E-state index contributed by atoms with van der Waals surface area (Å²) in [6.45, 7) is 0.920. The third-order valence-electron chi connectivity index (χ3n) is 5.01. The molecule has 0 aliphatic carbocycles. The fraction of sp³-hybridized carbons (Fsp3) is 0.550. The highest BCUT2D eigenvalue weighted by atomic mass is 16.5. The Hall–Kier alpha value is -2.57. The molecular formula is C20H28N2O5. The minimum absolute atomic E-state index is 0.0408. The zero-order valence-corrected chi connectivity index (χ0v) is 16.0. The molecule has 2 amide bonds. The third kappa shape index (κ3) is 6.27. The van der Waals surface area contributed by atoms with E-state index in [9.17, 15) is 14.4 Å². The normalized spacial score (nSPS) is 14.7. The number of piperidine rings is 1. The van der Waals surface area contributed by atoms with Crippen LogP contribution in [0, 0.1) is 5.92 Å². The summed E-state index contributed by atoms with van der Waals surface area (Å²) in [6.07, 6.45) is 2.84. The summed E-state index contributed by atoms with van der Waals surface area (Å²) in [5.41, 5.74) is 1.14. The standard InChI is InChI=1S/C20H28N2O5/c1-21(14-19(24)22-12-10-16(11-13-22)20(25)26)18(23)5-3-4-15-6-8-17(27-2)9-7-15/h6-9,16H,3-5,10-14H2,1-2H3,(H,25,26). The number of methoxy groups -OCH3 is 1. The molecule has 2 rings (SSSR count). The summed E-state index contributed by atoms with van der Waals surface area (Å²) in [4.78, 5) is 38.7. The Kier molecular flexibility index (Phi) is 7.64. The van der Waals surface area contributed by atoms with E-state index in [2.05, 4.69) is 0 Å².